The Bertz CT molecular complexity index is 1140. The Kier molecular flexibility index (Phi) is 6.63. The van der Waals surface area contributed by atoms with Crippen LogP contribution in [-0.4, -0.2) is 47.0 Å². The molecule has 2 aliphatic rings. The summed E-state index contributed by atoms with van der Waals surface area (Å²) in [4.78, 5) is 20.9. The van der Waals surface area contributed by atoms with Crippen LogP contribution in [0.1, 0.15) is 18.4 Å². The predicted octanol–water partition coefficient (Wildman–Crippen LogP) is 6.31. The van der Waals surface area contributed by atoms with Crippen LogP contribution < -0.4 is 10.1 Å². The smallest absolute Gasteiger partial charge is 0.321 e. The highest BCUT2D eigenvalue weighted by Gasteiger charge is 2.46. The molecular weight excluding hydrogens is 471 g/mol. The number of carbonyl (C=O) groups excluding carboxylic acids is 1. The third-order valence-electron chi connectivity index (χ3n) is 6.59. The standard InChI is InChI=1S/C26H26Cl2N4O2/c27-20-4-7-22(8-5-20)34-23-3-1-2-19(14-23)16-31-12-10-26(11-13-31)17-32(18-26)25(33)30-21-6-9-24(28)29-15-21/h1-9,14-15H,10-13,16-18H2,(H,30,33). The number of amides is 2. The van der Waals surface area contributed by atoms with Crippen molar-refractivity contribution in [2.75, 3.05) is 31.5 Å². The topological polar surface area (TPSA) is 57.7 Å². The Morgan fingerprint density at radius 2 is 1.76 bits per heavy atom. The van der Waals surface area contributed by atoms with Gasteiger partial charge in [0.2, 0.25) is 0 Å². The molecule has 3 aromatic rings. The van der Waals surface area contributed by atoms with Gasteiger partial charge in [0.05, 0.1) is 11.9 Å². The van der Waals surface area contributed by atoms with E-state index in [0.717, 1.165) is 57.1 Å². The molecule has 0 aliphatic carbocycles. The van der Waals surface area contributed by atoms with Crippen molar-refractivity contribution in [3.8, 4) is 11.5 Å². The summed E-state index contributed by atoms with van der Waals surface area (Å²) >= 11 is 11.8. The maximum absolute atomic E-state index is 12.5. The van der Waals surface area contributed by atoms with Crippen LogP contribution >= 0.6 is 23.2 Å². The van der Waals surface area contributed by atoms with Gasteiger partial charge in [0.1, 0.15) is 16.7 Å². The molecule has 2 aromatic carbocycles. The lowest BCUT2D eigenvalue weighted by Crippen LogP contribution is -2.62. The number of halogens is 2. The molecule has 3 heterocycles. The number of hydrogen-bond donors (Lipinski definition) is 1. The fourth-order valence-electron chi connectivity index (χ4n) is 4.67. The number of pyridine rings is 1. The van der Waals surface area contributed by atoms with E-state index in [2.05, 4.69) is 27.3 Å². The highest BCUT2D eigenvalue weighted by atomic mass is 35.5. The van der Waals surface area contributed by atoms with Crippen LogP contribution in [0.15, 0.2) is 66.9 Å². The van der Waals surface area contributed by atoms with Gasteiger partial charge >= 0.3 is 6.03 Å². The van der Waals surface area contributed by atoms with Crippen molar-refractivity contribution in [3.63, 3.8) is 0 Å². The van der Waals surface area contributed by atoms with Crippen molar-refractivity contribution >= 4 is 34.9 Å². The number of piperidine rings is 1. The van der Waals surface area contributed by atoms with E-state index in [0.29, 0.717) is 15.9 Å². The minimum absolute atomic E-state index is 0.0744. The first-order valence-electron chi connectivity index (χ1n) is 11.4. The summed E-state index contributed by atoms with van der Waals surface area (Å²) < 4.78 is 5.97. The Morgan fingerprint density at radius 3 is 2.47 bits per heavy atom. The Hall–Kier alpha value is -2.80. The highest BCUT2D eigenvalue weighted by Crippen LogP contribution is 2.41. The molecule has 34 heavy (non-hydrogen) atoms. The molecule has 2 amide bonds. The molecule has 1 N–H and O–H groups in total. The van der Waals surface area contributed by atoms with Gasteiger partial charge in [-0.15, -0.1) is 0 Å². The van der Waals surface area contributed by atoms with Crippen LogP contribution in [0.3, 0.4) is 0 Å². The summed E-state index contributed by atoms with van der Waals surface area (Å²) in [7, 11) is 0. The van der Waals surface area contributed by atoms with Crippen molar-refractivity contribution in [2.24, 2.45) is 5.41 Å². The molecule has 2 fully saturated rings. The quantitative estimate of drug-likeness (QED) is 0.420. The number of nitrogens with one attached hydrogen (secondary N) is 1. The number of benzene rings is 2. The lowest BCUT2D eigenvalue weighted by molar-refractivity contribution is -0.0200. The molecule has 0 saturated carbocycles. The van der Waals surface area contributed by atoms with E-state index in [4.69, 9.17) is 27.9 Å². The van der Waals surface area contributed by atoms with Crippen LogP contribution in [0.5, 0.6) is 11.5 Å². The molecule has 0 bridgehead atoms. The van der Waals surface area contributed by atoms with E-state index in [1.807, 2.05) is 41.3 Å². The number of likely N-dealkylation sites (tertiary alicyclic amines) is 2. The summed E-state index contributed by atoms with van der Waals surface area (Å²) in [6, 6.07) is 19.0. The lowest BCUT2D eigenvalue weighted by Gasteiger charge is -2.53. The summed E-state index contributed by atoms with van der Waals surface area (Å²) in [5.41, 5.74) is 2.13. The van der Waals surface area contributed by atoms with E-state index in [1.165, 1.54) is 5.56 Å². The zero-order chi connectivity index (χ0) is 23.5. The van der Waals surface area contributed by atoms with E-state index in [9.17, 15) is 4.79 Å². The first kappa shape index (κ1) is 23.0. The normalized spacial score (nSPS) is 17.3. The van der Waals surface area contributed by atoms with Gasteiger partial charge in [0.25, 0.3) is 0 Å². The van der Waals surface area contributed by atoms with Crippen molar-refractivity contribution in [1.82, 2.24) is 14.8 Å². The van der Waals surface area contributed by atoms with Gasteiger partial charge in [-0.1, -0.05) is 35.3 Å². The summed E-state index contributed by atoms with van der Waals surface area (Å²) in [6.07, 6.45) is 3.77. The summed E-state index contributed by atoms with van der Waals surface area (Å²) in [5, 5.41) is 4.00. The number of carbonyl (C=O) groups is 1. The Balaban J connectivity index is 1.09. The van der Waals surface area contributed by atoms with Crippen LogP contribution in [0.25, 0.3) is 0 Å². The van der Waals surface area contributed by atoms with E-state index < -0.39 is 0 Å². The van der Waals surface area contributed by atoms with Gasteiger partial charge in [0, 0.05) is 30.1 Å². The number of urea groups is 1. The third-order valence-corrected chi connectivity index (χ3v) is 7.06. The zero-order valence-electron chi connectivity index (χ0n) is 18.7. The molecule has 1 aromatic heterocycles. The van der Waals surface area contributed by atoms with E-state index in [1.54, 1.807) is 18.3 Å². The van der Waals surface area contributed by atoms with Gasteiger partial charge in [-0.3, -0.25) is 4.90 Å². The minimum Gasteiger partial charge on any atom is -0.457 e. The number of rotatable bonds is 5. The molecular formula is C26H26Cl2N4O2. The fraction of sp³-hybridized carbons (Fsp3) is 0.308. The van der Waals surface area contributed by atoms with E-state index >= 15 is 0 Å². The molecule has 0 unspecified atom stereocenters. The first-order chi connectivity index (χ1) is 16.5. The van der Waals surface area contributed by atoms with Gasteiger partial charge in [0.15, 0.2) is 0 Å². The molecule has 6 nitrogen and oxygen atoms in total. The average Bonchev–Trinajstić information content (AvgIpc) is 2.81. The maximum Gasteiger partial charge on any atom is 0.321 e. The Morgan fingerprint density at radius 1 is 1.00 bits per heavy atom. The van der Waals surface area contributed by atoms with Crippen molar-refractivity contribution in [2.45, 2.75) is 19.4 Å². The molecule has 0 radical (unpaired) electrons. The third kappa shape index (κ3) is 5.46. The molecule has 1 spiro atoms. The predicted molar refractivity (Wildman–Crippen MR) is 135 cm³/mol. The summed E-state index contributed by atoms with van der Waals surface area (Å²) in [5.74, 6) is 1.59. The number of anilines is 1. The van der Waals surface area contributed by atoms with Gasteiger partial charge in [-0.05, 0) is 80.0 Å². The molecule has 0 atom stereocenters. The van der Waals surface area contributed by atoms with Crippen molar-refractivity contribution in [3.05, 3.63) is 82.6 Å². The van der Waals surface area contributed by atoms with Crippen molar-refractivity contribution < 1.29 is 9.53 Å². The van der Waals surface area contributed by atoms with Crippen LogP contribution in [0, 0.1) is 5.41 Å². The molecule has 5 rings (SSSR count). The zero-order valence-corrected chi connectivity index (χ0v) is 20.2. The van der Waals surface area contributed by atoms with Crippen LogP contribution in [-0.2, 0) is 6.54 Å². The lowest BCUT2D eigenvalue weighted by atomic mass is 9.72. The SMILES string of the molecule is O=C(Nc1ccc(Cl)nc1)N1CC2(CCN(Cc3cccc(Oc4ccc(Cl)cc4)c3)CC2)C1. The first-order valence-corrected chi connectivity index (χ1v) is 12.1. The molecule has 176 valence electrons. The summed E-state index contributed by atoms with van der Waals surface area (Å²) in [6.45, 7) is 4.55. The number of nitrogens with zero attached hydrogens (tertiary/aromatic N) is 3. The van der Waals surface area contributed by atoms with Crippen LogP contribution in [0.4, 0.5) is 10.5 Å². The molecule has 8 heteroatoms. The highest BCUT2D eigenvalue weighted by molar-refractivity contribution is 6.30. The average molecular weight is 497 g/mol. The van der Waals surface area contributed by atoms with E-state index in [-0.39, 0.29) is 11.4 Å². The molecule has 2 saturated heterocycles. The monoisotopic (exact) mass is 496 g/mol. The number of hydrogen-bond acceptors (Lipinski definition) is 4. The second kappa shape index (κ2) is 9.82. The second-order valence-electron chi connectivity index (χ2n) is 9.14. The van der Waals surface area contributed by atoms with Gasteiger partial charge in [-0.2, -0.15) is 0 Å². The number of ether oxygens (including phenoxy) is 1. The maximum atomic E-state index is 12.5. The van der Waals surface area contributed by atoms with Gasteiger partial charge < -0.3 is 15.0 Å². The molecule has 2 aliphatic heterocycles. The fourth-order valence-corrected chi connectivity index (χ4v) is 4.90. The van der Waals surface area contributed by atoms with Crippen LogP contribution in [0.2, 0.25) is 10.2 Å². The second-order valence-corrected chi connectivity index (χ2v) is 9.96. The minimum atomic E-state index is -0.0744. The largest absolute Gasteiger partial charge is 0.457 e. The van der Waals surface area contributed by atoms with Gasteiger partial charge in [-0.25, -0.2) is 9.78 Å². The van der Waals surface area contributed by atoms with Crippen molar-refractivity contribution in [1.29, 1.82) is 0 Å². The number of aromatic nitrogens is 1. The Labute approximate surface area is 209 Å².